The summed E-state index contributed by atoms with van der Waals surface area (Å²) in [5.74, 6) is 0.681. The molecule has 0 aromatic heterocycles. The highest BCUT2D eigenvalue weighted by Gasteiger charge is 2.01. The second-order valence-corrected chi connectivity index (χ2v) is 4.16. The monoisotopic (exact) mass is 235 g/mol. The Labute approximate surface area is 103 Å². The highest BCUT2D eigenvalue weighted by molar-refractivity contribution is 5.77. The fourth-order valence-electron chi connectivity index (χ4n) is 1.44. The molecule has 0 saturated heterocycles. The van der Waals surface area contributed by atoms with Crippen molar-refractivity contribution in [1.29, 1.82) is 0 Å². The lowest BCUT2D eigenvalue weighted by atomic mass is 10.2. The second kappa shape index (κ2) is 7.71. The van der Waals surface area contributed by atoms with Crippen molar-refractivity contribution in [3.05, 3.63) is 29.8 Å². The van der Waals surface area contributed by atoms with Crippen LogP contribution in [0.25, 0.3) is 0 Å². The normalized spacial score (nSPS) is 10.0. The maximum Gasteiger partial charge on any atom is 0.257 e. The van der Waals surface area contributed by atoms with Crippen molar-refractivity contribution < 1.29 is 9.53 Å². The van der Waals surface area contributed by atoms with Crippen LogP contribution < -0.4 is 10.1 Å². The van der Waals surface area contributed by atoms with Crippen LogP contribution in [0.5, 0.6) is 5.75 Å². The zero-order valence-electron chi connectivity index (χ0n) is 10.7. The van der Waals surface area contributed by atoms with Gasteiger partial charge in [0.25, 0.3) is 5.91 Å². The Bertz CT molecular complexity index is 333. The minimum Gasteiger partial charge on any atom is -0.484 e. The number of nitrogens with one attached hydrogen (secondary N) is 1. The molecule has 0 heterocycles. The van der Waals surface area contributed by atoms with Crippen molar-refractivity contribution in [2.75, 3.05) is 13.2 Å². The van der Waals surface area contributed by atoms with Gasteiger partial charge < -0.3 is 10.1 Å². The molecule has 3 nitrogen and oxygen atoms in total. The van der Waals surface area contributed by atoms with Crippen LogP contribution in [0, 0.1) is 6.92 Å². The number of carbonyl (C=O) groups excluding carboxylic acids is 1. The van der Waals surface area contributed by atoms with E-state index in [4.69, 9.17) is 4.74 Å². The number of benzene rings is 1. The molecular formula is C14H21NO2. The fourth-order valence-corrected chi connectivity index (χ4v) is 1.44. The Morgan fingerprint density at radius 1 is 1.24 bits per heavy atom. The van der Waals surface area contributed by atoms with Gasteiger partial charge in [0.15, 0.2) is 6.61 Å². The quantitative estimate of drug-likeness (QED) is 0.738. The molecule has 1 rings (SSSR count). The predicted molar refractivity (Wildman–Crippen MR) is 69.2 cm³/mol. The highest BCUT2D eigenvalue weighted by Crippen LogP contribution is 2.10. The number of unbranched alkanes of at least 4 members (excludes halogenated alkanes) is 2. The van der Waals surface area contributed by atoms with Crippen molar-refractivity contribution in [2.45, 2.75) is 33.1 Å². The number of rotatable bonds is 7. The fraction of sp³-hybridized carbons (Fsp3) is 0.500. The van der Waals surface area contributed by atoms with E-state index in [2.05, 4.69) is 12.2 Å². The molecule has 0 fully saturated rings. The number of hydrogen-bond acceptors (Lipinski definition) is 2. The number of aryl methyl sites for hydroxylation is 1. The average molecular weight is 235 g/mol. The summed E-state index contributed by atoms with van der Waals surface area (Å²) in [7, 11) is 0. The Morgan fingerprint density at radius 3 is 2.59 bits per heavy atom. The molecule has 17 heavy (non-hydrogen) atoms. The van der Waals surface area contributed by atoms with E-state index in [0.29, 0.717) is 0 Å². The van der Waals surface area contributed by atoms with Crippen LogP contribution in [0.2, 0.25) is 0 Å². The van der Waals surface area contributed by atoms with E-state index in [1.807, 2.05) is 31.2 Å². The van der Waals surface area contributed by atoms with E-state index in [9.17, 15) is 4.79 Å². The molecule has 0 radical (unpaired) electrons. The minimum atomic E-state index is -0.0540. The lowest BCUT2D eigenvalue weighted by molar-refractivity contribution is -0.123. The number of ether oxygens (including phenoxy) is 1. The Hall–Kier alpha value is -1.51. The van der Waals surface area contributed by atoms with Crippen LogP contribution in [0.1, 0.15) is 31.7 Å². The third-order valence-electron chi connectivity index (χ3n) is 2.49. The molecule has 0 saturated carbocycles. The van der Waals surface area contributed by atoms with Crippen molar-refractivity contribution in [3.8, 4) is 5.75 Å². The molecule has 0 aliphatic heterocycles. The highest BCUT2D eigenvalue weighted by atomic mass is 16.5. The zero-order valence-corrected chi connectivity index (χ0v) is 10.7. The van der Waals surface area contributed by atoms with Gasteiger partial charge in [0, 0.05) is 6.54 Å². The van der Waals surface area contributed by atoms with Gasteiger partial charge in [-0.1, -0.05) is 37.5 Å². The molecule has 0 atom stereocenters. The van der Waals surface area contributed by atoms with Crippen molar-refractivity contribution in [1.82, 2.24) is 5.32 Å². The van der Waals surface area contributed by atoms with Crippen LogP contribution >= 0.6 is 0 Å². The van der Waals surface area contributed by atoms with E-state index in [1.54, 1.807) is 0 Å². The van der Waals surface area contributed by atoms with E-state index in [1.165, 1.54) is 5.56 Å². The Morgan fingerprint density at radius 2 is 1.94 bits per heavy atom. The van der Waals surface area contributed by atoms with Crippen LogP contribution in [0.3, 0.4) is 0 Å². The van der Waals surface area contributed by atoms with Gasteiger partial charge in [-0.3, -0.25) is 4.79 Å². The SMILES string of the molecule is CCCCCNC(=O)COc1ccc(C)cc1. The number of carbonyl (C=O) groups is 1. The van der Waals surface area contributed by atoms with Crippen LogP contribution in [-0.4, -0.2) is 19.1 Å². The first-order valence-corrected chi connectivity index (χ1v) is 6.18. The molecule has 1 aromatic rings. The van der Waals surface area contributed by atoms with Crippen molar-refractivity contribution >= 4 is 5.91 Å². The lowest BCUT2D eigenvalue weighted by Crippen LogP contribution is -2.29. The molecule has 0 aliphatic rings. The summed E-state index contributed by atoms with van der Waals surface area (Å²) in [6, 6.07) is 7.68. The van der Waals surface area contributed by atoms with E-state index >= 15 is 0 Å². The molecule has 1 N–H and O–H groups in total. The summed E-state index contributed by atoms with van der Waals surface area (Å²) in [6.45, 7) is 4.99. The van der Waals surface area contributed by atoms with Crippen LogP contribution in [-0.2, 0) is 4.79 Å². The molecule has 0 aliphatic carbocycles. The molecule has 94 valence electrons. The average Bonchev–Trinajstić information content (AvgIpc) is 2.34. The molecule has 3 heteroatoms. The molecule has 0 unspecified atom stereocenters. The summed E-state index contributed by atoms with van der Waals surface area (Å²) in [6.07, 6.45) is 3.35. The molecule has 1 amide bonds. The lowest BCUT2D eigenvalue weighted by Gasteiger charge is -2.07. The largest absolute Gasteiger partial charge is 0.484 e. The maximum atomic E-state index is 11.4. The zero-order chi connectivity index (χ0) is 12.5. The first kappa shape index (κ1) is 13.6. The molecule has 0 bridgehead atoms. The number of hydrogen-bond donors (Lipinski definition) is 1. The summed E-state index contributed by atoms with van der Waals surface area (Å²) in [5.41, 5.74) is 1.18. The Balaban J connectivity index is 2.17. The van der Waals surface area contributed by atoms with E-state index < -0.39 is 0 Å². The van der Waals surface area contributed by atoms with Gasteiger partial charge in [0.1, 0.15) is 5.75 Å². The summed E-state index contributed by atoms with van der Waals surface area (Å²) >= 11 is 0. The maximum absolute atomic E-state index is 11.4. The van der Waals surface area contributed by atoms with Crippen LogP contribution in [0.4, 0.5) is 0 Å². The van der Waals surface area contributed by atoms with Gasteiger partial charge in [-0.05, 0) is 25.5 Å². The molecule has 0 spiro atoms. The van der Waals surface area contributed by atoms with Crippen molar-refractivity contribution in [2.24, 2.45) is 0 Å². The van der Waals surface area contributed by atoms with Gasteiger partial charge in [0.2, 0.25) is 0 Å². The van der Waals surface area contributed by atoms with E-state index in [-0.39, 0.29) is 12.5 Å². The predicted octanol–water partition coefficient (Wildman–Crippen LogP) is 2.68. The van der Waals surface area contributed by atoms with Gasteiger partial charge in [-0.15, -0.1) is 0 Å². The topological polar surface area (TPSA) is 38.3 Å². The van der Waals surface area contributed by atoms with Gasteiger partial charge in [0.05, 0.1) is 0 Å². The minimum absolute atomic E-state index is 0.0540. The molecule has 1 aromatic carbocycles. The third kappa shape index (κ3) is 5.95. The summed E-state index contributed by atoms with van der Waals surface area (Å²) in [4.78, 5) is 11.4. The molecular weight excluding hydrogens is 214 g/mol. The van der Waals surface area contributed by atoms with Gasteiger partial charge in [-0.25, -0.2) is 0 Å². The smallest absolute Gasteiger partial charge is 0.257 e. The summed E-state index contributed by atoms with van der Waals surface area (Å²) < 4.78 is 5.37. The first-order chi connectivity index (χ1) is 8.22. The standard InChI is InChI=1S/C14H21NO2/c1-3-4-5-10-15-14(16)11-17-13-8-6-12(2)7-9-13/h6-9H,3-5,10-11H2,1-2H3,(H,15,16). The Kier molecular flexibility index (Phi) is 6.15. The van der Waals surface area contributed by atoms with Crippen LogP contribution in [0.15, 0.2) is 24.3 Å². The second-order valence-electron chi connectivity index (χ2n) is 4.16. The van der Waals surface area contributed by atoms with Crippen molar-refractivity contribution in [3.63, 3.8) is 0 Å². The van der Waals surface area contributed by atoms with Gasteiger partial charge in [-0.2, -0.15) is 0 Å². The first-order valence-electron chi connectivity index (χ1n) is 6.18. The number of amides is 1. The third-order valence-corrected chi connectivity index (χ3v) is 2.49. The summed E-state index contributed by atoms with van der Waals surface area (Å²) in [5, 5.41) is 2.84. The van der Waals surface area contributed by atoms with Gasteiger partial charge >= 0.3 is 0 Å². The van der Waals surface area contributed by atoms with E-state index in [0.717, 1.165) is 31.6 Å².